The number of nitrogens with one attached hydrogen (secondary N) is 2. The summed E-state index contributed by atoms with van der Waals surface area (Å²) in [6, 6.07) is 8.60. The molecular weight excluding hydrogens is 358 g/mol. The van der Waals surface area contributed by atoms with Gasteiger partial charge in [-0.05, 0) is 42.8 Å². The van der Waals surface area contributed by atoms with E-state index in [1.54, 1.807) is 12.1 Å². The highest BCUT2D eigenvalue weighted by atomic mass is 79.9. The molecule has 0 spiro atoms. The summed E-state index contributed by atoms with van der Waals surface area (Å²) >= 11 is 3.38. The second-order valence-corrected chi connectivity index (χ2v) is 5.76. The second-order valence-electron chi connectivity index (χ2n) is 4.84. The Morgan fingerprint density at radius 3 is 2.74 bits per heavy atom. The van der Waals surface area contributed by atoms with Crippen LogP contribution in [0.4, 0.5) is 5.69 Å². The molecule has 0 aliphatic heterocycles. The molecule has 1 aromatic heterocycles. The molecule has 2 rings (SSSR count). The molecule has 5 nitrogen and oxygen atoms in total. The summed E-state index contributed by atoms with van der Waals surface area (Å²) in [5.74, 6) is -0.644. The largest absolute Gasteiger partial charge is 0.347 e. The highest BCUT2D eigenvalue weighted by Gasteiger charge is 2.12. The molecule has 0 aliphatic carbocycles. The number of carbonyl (C=O) groups is 2. The van der Waals surface area contributed by atoms with E-state index in [9.17, 15) is 9.59 Å². The minimum Gasteiger partial charge on any atom is -0.347 e. The van der Waals surface area contributed by atoms with E-state index in [-0.39, 0.29) is 17.5 Å². The third-order valence-electron chi connectivity index (χ3n) is 3.10. The van der Waals surface area contributed by atoms with Crippen LogP contribution in [0.3, 0.4) is 0 Å². The highest BCUT2D eigenvalue weighted by Crippen LogP contribution is 2.20. The summed E-state index contributed by atoms with van der Waals surface area (Å²) in [6.07, 6.45) is 3.01. The molecule has 1 heterocycles. The Bertz CT molecular complexity index is 759. The number of rotatable bonds is 5. The molecule has 0 bridgehead atoms. The van der Waals surface area contributed by atoms with Crippen LogP contribution in [-0.4, -0.2) is 23.3 Å². The molecule has 0 radical (unpaired) electrons. The molecule has 2 amide bonds. The zero-order chi connectivity index (χ0) is 16.8. The molecule has 0 unspecified atom stereocenters. The van der Waals surface area contributed by atoms with Crippen molar-refractivity contribution < 1.29 is 9.59 Å². The first-order chi connectivity index (χ1) is 11.0. The Labute approximate surface area is 142 Å². The Hall–Kier alpha value is -2.47. The van der Waals surface area contributed by atoms with Crippen molar-refractivity contribution in [2.45, 2.75) is 6.92 Å². The van der Waals surface area contributed by atoms with Gasteiger partial charge in [0.15, 0.2) is 0 Å². The molecule has 0 aliphatic rings. The second kappa shape index (κ2) is 7.69. The van der Waals surface area contributed by atoms with Crippen LogP contribution in [0.2, 0.25) is 0 Å². The highest BCUT2D eigenvalue weighted by molar-refractivity contribution is 9.10. The number of carbonyl (C=O) groups excluding carboxylic acids is 2. The Kier molecular flexibility index (Phi) is 5.65. The average Bonchev–Trinajstić information content (AvgIpc) is 2.55. The van der Waals surface area contributed by atoms with Crippen LogP contribution >= 0.6 is 15.9 Å². The van der Waals surface area contributed by atoms with Crippen LogP contribution < -0.4 is 10.6 Å². The lowest BCUT2D eigenvalue weighted by Gasteiger charge is -2.09. The van der Waals surface area contributed by atoms with Gasteiger partial charge < -0.3 is 10.6 Å². The van der Waals surface area contributed by atoms with Gasteiger partial charge in [-0.3, -0.25) is 14.6 Å². The molecule has 2 N–H and O–H groups in total. The van der Waals surface area contributed by atoms with Crippen LogP contribution in [-0.2, 0) is 0 Å². The average molecular weight is 374 g/mol. The standard InChI is InChI=1S/C17H16BrN3O2/c1-3-7-20-17(23)15-10-12(6-8-19-15)16(22)21-14-5-4-13(18)9-11(14)2/h3-6,8-10H,1,7H2,2H3,(H,20,23)(H,21,22). The minimum atomic E-state index is -0.348. The fourth-order valence-corrected chi connectivity index (χ4v) is 2.39. The summed E-state index contributed by atoms with van der Waals surface area (Å²) < 4.78 is 0.943. The number of amides is 2. The van der Waals surface area contributed by atoms with E-state index in [2.05, 4.69) is 38.1 Å². The van der Waals surface area contributed by atoms with Crippen LogP contribution in [0.15, 0.2) is 53.7 Å². The smallest absolute Gasteiger partial charge is 0.270 e. The van der Waals surface area contributed by atoms with Crippen molar-refractivity contribution in [1.29, 1.82) is 0 Å². The lowest BCUT2D eigenvalue weighted by Crippen LogP contribution is -2.24. The summed E-state index contributed by atoms with van der Waals surface area (Å²) in [5, 5.41) is 5.45. The molecule has 0 fully saturated rings. The summed E-state index contributed by atoms with van der Waals surface area (Å²) in [5.41, 5.74) is 2.21. The molecule has 0 atom stereocenters. The molecule has 2 aromatic rings. The number of hydrogen-bond acceptors (Lipinski definition) is 3. The number of aryl methyl sites for hydroxylation is 1. The maximum absolute atomic E-state index is 12.3. The minimum absolute atomic E-state index is 0.187. The Morgan fingerprint density at radius 1 is 1.26 bits per heavy atom. The number of aromatic nitrogens is 1. The normalized spacial score (nSPS) is 10.0. The van der Waals surface area contributed by atoms with E-state index in [0.717, 1.165) is 10.0 Å². The first-order valence-corrected chi connectivity index (χ1v) is 7.73. The van der Waals surface area contributed by atoms with Gasteiger partial charge in [-0.15, -0.1) is 6.58 Å². The zero-order valence-corrected chi connectivity index (χ0v) is 14.2. The number of halogens is 1. The van der Waals surface area contributed by atoms with Crippen molar-refractivity contribution in [3.05, 3.63) is 70.5 Å². The van der Waals surface area contributed by atoms with Crippen molar-refractivity contribution in [3.63, 3.8) is 0 Å². The van der Waals surface area contributed by atoms with Gasteiger partial charge >= 0.3 is 0 Å². The summed E-state index contributed by atoms with van der Waals surface area (Å²) in [4.78, 5) is 28.2. The Balaban J connectivity index is 2.16. The molecular formula is C17H16BrN3O2. The molecule has 6 heteroatoms. The summed E-state index contributed by atoms with van der Waals surface area (Å²) in [7, 11) is 0. The maximum Gasteiger partial charge on any atom is 0.270 e. The van der Waals surface area contributed by atoms with E-state index in [4.69, 9.17) is 0 Å². The fourth-order valence-electron chi connectivity index (χ4n) is 1.91. The topological polar surface area (TPSA) is 71.1 Å². The lowest BCUT2D eigenvalue weighted by atomic mass is 10.1. The van der Waals surface area contributed by atoms with Crippen LogP contribution in [0, 0.1) is 6.92 Å². The number of pyridine rings is 1. The van der Waals surface area contributed by atoms with E-state index in [1.165, 1.54) is 12.3 Å². The molecule has 118 valence electrons. The monoisotopic (exact) mass is 373 g/mol. The molecule has 0 saturated carbocycles. The van der Waals surface area contributed by atoms with Crippen LogP contribution in [0.5, 0.6) is 0 Å². The van der Waals surface area contributed by atoms with Crippen molar-refractivity contribution >= 4 is 33.4 Å². The van der Waals surface area contributed by atoms with Crippen molar-refractivity contribution in [1.82, 2.24) is 10.3 Å². The third-order valence-corrected chi connectivity index (χ3v) is 3.59. The fraction of sp³-hybridized carbons (Fsp3) is 0.118. The van der Waals surface area contributed by atoms with E-state index in [1.807, 2.05) is 25.1 Å². The van der Waals surface area contributed by atoms with Gasteiger partial charge in [0.2, 0.25) is 0 Å². The molecule has 0 saturated heterocycles. The SMILES string of the molecule is C=CCNC(=O)c1cc(C(=O)Nc2ccc(Br)cc2C)ccn1. The van der Waals surface area contributed by atoms with Crippen LogP contribution in [0.25, 0.3) is 0 Å². The number of anilines is 1. The number of nitrogens with zero attached hydrogens (tertiary/aromatic N) is 1. The van der Waals surface area contributed by atoms with Crippen molar-refractivity contribution in [2.24, 2.45) is 0 Å². The van der Waals surface area contributed by atoms with E-state index in [0.29, 0.717) is 17.8 Å². The van der Waals surface area contributed by atoms with Gasteiger partial charge in [-0.1, -0.05) is 22.0 Å². The first kappa shape index (κ1) is 16.9. The van der Waals surface area contributed by atoms with Gasteiger partial charge in [0.05, 0.1) is 0 Å². The van der Waals surface area contributed by atoms with Gasteiger partial charge in [-0.2, -0.15) is 0 Å². The summed E-state index contributed by atoms with van der Waals surface area (Å²) in [6.45, 7) is 5.78. The Morgan fingerprint density at radius 2 is 2.04 bits per heavy atom. The predicted octanol–water partition coefficient (Wildman–Crippen LogP) is 3.32. The van der Waals surface area contributed by atoms with Gasteiger partial charge in [0, 0.05) is 28.5 Å². The third kappa shape index (κ3) is 4.50. The quantitative estimate of drug-likeness (QED) is 0.789. The van der Waals surface area contributed by atoms with Gasteiger partial charge in [0.1, 0.15) is 5.69 Å². The zero-order valence-electron chi connectivity index (χ0n) is 12.6. The molecule has 1 aromatic carbocycles. The predicted molar refractivity (Wildman–Crippen MR) is 93.6 cm³/mol. The number of benzene rings is 1. The van der Waals surface area contributed by atoms with Crippen molar-refractivity contribution in [3.8, 4) is 0 Å². The number of hydrogen-bond donors (Lipinski definition) is 2. The molecule has 23 heavy (non-hydrogen) atoms. The van der Waals surface area contributed by atoms with Crippen LogP contribution in [0.1, 0.15) is 26.4 Å². The maximum atomic E-state index is 12.3. The van der Waals surface area contributed by atoms with Crippen molar-refractivity contribution in [2.75, 3.05) is 11.9 Å². The lowest BCUT2D eigenvalue weighted by molar-refractivity contribution is 0.0953. The van der Waals surface area contributed by atoms with E-state index < -0.39 is 0 Å². The first-order valence-electron chi connectivity index (χ1n) is 6.94. The van der Waals surface area contributed by atoms with E-state index >= 15 is 0 Å². The van der Waals surface area contributed by atoms with Gasteiger partial charge in [0.25, 0.3) is 11.8 Å². The van der Waals surface area contributed by atoms with Gasteiger partial charge in [-0.25, -0.2) is 0 Å².